The standard InChI is InChI=1S/C14H20N2S/c1-13(2,3)10-7-9-11(14(4,5)6)15-8-16-12(9)17-10/h7-8H,1-6H3. The Morgan fingerprint density at radius 2 is 1.59 bits per heavy atom. The SMILES string of the molecule is CC(C)(C)c1cc2c(C(C)(C)C)ncnc2s1. The summed E-state index contributed by atoms with van der Waals surface area (Å²) in [6.45, 7) is 13.3. The molecular weight excluding hydrogens is 228 g/mol. The van der Waals surface area contributed by atoms with E-state index in [1.54, 1.807) is 17.7 Å². The molecule has 0 aliphatic rings. The van der Waals surface area contributed by atoms with E-state index in [4.69, 9.17) is 0 Å². The highest BCUT2D eigenvalue weighted by Crippen LogP contribution is 2.36. The Morgan fingerprint density at radius 3 is 2.12 bits per heavy atom. The molecule has 0 radical (unpaired) electrons. The second-order valence-corrected chi connectivity index (χ2v) is 7.58. The van der Waals surface area contributed by atoms with Crippen molar-refractivity contribution in [1.82, 2.24) is 9.97 Å². The van der Waals surface area contributed by atoms with Gasteiger partial charge in [0, 0.05) is 15.7 Å². The van der Waals surface area contributed by atoms with Gasteiger partial charge in [-0.15, -0.1) is 11.3 Å². The number of fused-ring (bicyclic) bond motifs is 1. The minimum absolute atomic E-state index is 0.0669. The van der Waals surface area contributed by atoms with Crippen molar-refractivity contribution in [1.29, 1.82) is 0 Å². The van der Waals surface area contributed by atoms with Gasteiger partial charge in [0.2, 0.25) is 0 Å². The molecule has 2 aromatic heterocycles. The number of thiophene rings is 1. The van der Waals surface area contributed by atoms with Crippen LogP contribution in [-0.4, -0.2) is 9.97 Å². The predicted octanol–water partition coefficient (Wildman–Crippen LogP) is 4.29. The van der Waals surface area contributed by atoms with Crippen molar-refractivity contribution in [3.8, 4) is 0 Å². The maximum Gasteiger partial charge on any atom is 0.127 e. The molecule has 2 rings (SSSR count). The molecule has 0 saturated heterocycles. The lowest BCUT2D eigenvalue weighted by Crippen LogP contribution is -2.14. The van der Waals surface area contributed by atoms with E-state index < -0.39 is 0 Å². The summed E-state index contributed by atoms with van der Waals surface area (Å²) in [5.41, 5.74) is 1.40. The van der Waals surface area contributed by atoms with Crippen LogP contribution in [0.15, 0.2) is 12.4 Å². The monoisotopic (exact) mass is 248 g/mol. The van der Waals surface area contributed by atoms with Crippen molar-refractivity contribution in [2.75, 3.05) is 0 Å². The summed E-state index contributed by atoms with van der Waals surface area (Å²) in [6.07, 6.45) is 1.69. The topological polar surface area (TPSA) is 25.8 Å². The third-order valence-corrected chi connectivity index (χ3v) is 4.25. The summed E-state index contributed by atoms with van der Waals surface area (Å²) in [5.74, 6) is 0. The van der Waals surface area contributed by atoms with E-state index in [0.29, 0.717) is 0 Å². The molecule has 0 saturated carbocycles. The van der Waals surface area contributed by atoms with Crippen LogP contribution in [0.1, 0.15) is 52.1 Å². The fourth-order valence-electron chi connectivity index (χ4n) is 1.82. The van der Waals surface area contributed by atoms with Crippen LogP contribution in [0.3, 0.4) is 0 Å². The first-order valence-corrected chi connectivity index (χ1v) is 6.77. The summed E-state index contributed by atoms with van der Waals surface area (Å²) in [5, 5.41) is 1.22. The highest BCUT2D eigenvalue weighted by Gasteiger charge is 2.23. The van der Waals surface area contributed by atoms with E-state index in [1.165, 1.54) is 10.3 Å². The van der Waals surface area contributed by atoms with Crippen LogP contribution in [0, 0.1) is 0 Å². The first-order chi connectivity index (χ1) is 7.69. The van der Waals surface area contributed by atoms with Gasteiger partial charge in [-0.05, 0) is 11.5 Å². The van der Waals surface area contributed by atoms with Crippen LogP contribution in [0.25, 0.3) is 10.2 Å². The Labute approximate surface area is 107 Å². The molecule has 0 aromatic carbocycles. The average molecular weight is 248 g/mol. The molecule has 0 aliphatic heterocycles. The number of hydrogen-bond donors (Lipinski definition) is 0. The molecule has 0 aliphatic carbocycles. The summed E-state index contributed by atoms with van der Waals surface area (Å²) in [7, 11) is 0. The number of hydrogen-bond acceptors (Lipinski definition) is 3. The van der Waals surface area contributed by atoms with Gasteiger partial charge in [-0.2, -0.15) is 0 Å². The zero-order valence-electron chi connectivity index (χ0n) is 11.5. The van der Waals surface area contributed by atoms with Crippen LogP contribution in [0.4, 0.5) is 0 Å². The molecule has 2 nitrogen and oxygen atoms in total. The molecule has 0 bridgehead atoms. The summed E-state index contributed by atoms with van der Waals surface area (Å²) in [4.78, 5) is 11.3. The van der Waals surface area contributed by atoms with Gasteiger partial charge in [0.25, 0.3) is 0 Å². The third-order valence-electron chi connectivity index (χ3n) is 2.78. The lowest BCUT2D eigenvalue weighted by Gasteiger charge is -2.18. The normalized spacial score (nSPS) is 13.3. The maximum absolute atomic E-state index is 4.47. The molecule has 0 unspecified atom stereocenters. The van der Waals surface area contributed by atoms with Crippen molar-refractivity contribution in [3.63, 3.8) is 0 Å². The van der Waals surface area contributed by atoms with Crippen molar-refractivity contribution >= 4 is 21.6 Å². The Kier molecular flexibility index (Phi) is 2.77. The van der Waals surface area contributed by atoms with Gasteiger partial charge in [-0.1, -0.05) is 41.5 Å². The minimum Gasteiger partial charge on any atom is -0.240 e. The fourth-order valence-corrected chi connectivity index (χ4v) is 2.88. The molecule has 0 amide bonds. The van der Waals surface area contributed by atoms with Crippen molar-refractivity contribution in [3.05, 3.63) is 23.0 Å². The Bertz CT molecular complexity index is 541. The third kappa shape index (κ3) is 2.34. The van der Waals surface area contributed by atoms with Crippen LogP contribution in [0.5, 0.6) is 0 Å². The van der Waals surface area contributed by atoms with E-state index in [1.807, 2.05) is 0 Å². The van der Waals surface area contributed by atoms with Crippen LogP contribution in [-0.2, 0) is 10.8 Å². The molecule has 0 spiro atoms. The van der Waals surface area contributed by atoms with Crippen molar-refractivity contribution in [2.24, 2.45) is 0 Å². The highest BCUT2D eigenvalue weighted by molar-refractivity contribution is 7.18. The van der Waals surface area contributed by atoms with E-state index >= 15 is 0 Å². The van der Waals surface area contributed by atoms with E-state index in [-0.39, 0.29) is 10.8 Å². The molecule has 0 N–H and O–H groups in total. The zero-order chi connectivity index (χ0) is 12.8. The second-order valence-electron chi connectivity index (χ2n) is 6.55. The molecule has 2 aromatic rings. The van der Waals surface area contributed by atoms with Gasteiger partial charge in [0.05, 0.1) is 5.69 Å². The Balaban J connectivity index is 2.70. The first-order valence-electron chi connectivity index (χ1n) is 5.95. The van der Waals surface area contributed by atoms with E-state index in [9.17, 15) is 0 Å². The number of aromatic nitrogens is 2. The molecule has 2 heterocycles. The predicted molar refractivity (Wildman–Crippen MR) is 74.8 cm³/mol. The van der Waals surface area contributed by atoms with E-state index in [0.717, 1.165) is 10.5 Å². The van der Waals surface area contributed by atoms with Gasteiger partial charge < -0.3 is 0 Å². The molecule has 17 heavy (non-hydrogen) atoms. The average Bonchev–Trinajstić information content (AvgIpc) is 2.57. The Morgan fingerprint density at radius 1 is 0.941 bits per heavy atom. The second kappa shape index (κ2) is 3.77. The zero-order valence-corrected chi connectivity index (χ0v) is 12.3. The number of nitrogens with zero attached hydrogens (tertiary/aromatic N) is 2. The lowest BCUT2D eigenvalue weighted by atomic mass is 9.89. The molecular formula is C14H20N2S. The summed E-state index contributed by atoms with van der Waals surface area (Å²) >= 11 is 1.78. The van der Waals surface area contributed by atoms with Crippen LogP contribution >= 0.6 is 11.3 Å². The smallest absolute Gasteiger partial charge is 0.127 e. The lowest BCUT2D eigenvalue weighted by molar-refractivity contribution is 0.573. The maximum atomic E-state index is 4.47. The van der Waals surface area contributed by atoms with Crippen LogP contribution in [0.2, 0.25) is 0 Å². The Hall–Kier alpha value is -0.960. The van der Waals surface area contributed by atoms with Crippen LogP contribution < -0.4 is 0 Å². The molecule has 0 atom stereocenters. The molecule has 0 fully saturated rings. The largest absolute Gasteiger partial charge is 0.240 e. The van der Waals surface area contributed by atoms with Gasteiger partial charge >= 0.3 is 0 Å². The van der Waals surface area contributed by atoms with Gasteiger partial charge in [0.15, 0.2) is 0 Å². The van der Waals surface area contributed by atoms with Crippen molar-refractivity contribution < 1.29 is 0 Å². The van der Waals surface area contributed by atoms with Gasteiger partial charge in [0.1, 0.15) is 11.2 Å². The number of rotatable bonds is 0. The summed E-state index contributed by atoms with van der Waals surface area (Å²) < 4.78 is 0. The molecule has 92 valence electrons. The molecule has 3 heteroatoms. The first kappa shape index (κ1) is 12.5. The minimum atomic E-state index is 0.0669. The van der Waals surface area contributed by atoms with Crippen molar-refractivity contribution in [2.45, 2.75) is 52.4 Å². The summed E-state index contributed by atoms with van der Waals surface area (Å²) in [6, 6.07) is 2.26. The fraction of sp³-hybridized carbons (Fsp3) is 0.571. The van der Waals surface area contributed by atoms with Gasteiger partial charge in [-0.3, -0.25) is 0 Å². The highest BCUT2D eigenvalue weighted by atomic mass is 32.1. The van der Waals surface area contributed by atoms with Gasteiger partial charge in [-0.25, -0.2) is 9.97 Å². The van der Waals surface area contributed by atoms with E-state index in [2.05, 4.69) is 57.6 Å². The quantitative estimate of drug-likeness (QED) is 0.695.